The molecule has 0 heterocycles. The lowest BCUT2D eigenvalue weighted by Gasteiger charge is -1.78. The molecule has 0 aliphatic heterocycles. The summed E-state index contributed by atoms with van der Waals surface area (Å²) in [5, 5.41) is 0. The highest BCUT2D eigenvalue weighted by Crippen LogP contribution is 2.03. The van der Waals surface area contributed by atoms with Crippen LogP contribution in [0, 0.1) is 0 Å². The zero-order chi connectivity index (χ0) is 4.12. The van der Waals surface area contributed by atoms with Crippen LogP contribution in [0.5, 0.6) is 0 Å². The lowest BCUT2D eigenvalue weighted by Crippen LogP contribution is -1.59. The summed E-state index contributed by atoms with van der Waals surface area (Å²) in [5.41, 5.74) is 0. The van der Waals surface area contributed by atoms with E-state index in [4.69, 9.17) is 0 Å². The molecule has 0 saturated heterocycles. The fourth-order valence-corrected chi connectivity index (χ4v) is 0.671. The number of hydrogen-bond donors (Lipinski definition) is 0. The summed E-state index contributed by atoms with van der Waals surface area (Å²) >= 11 is 0. The minimum Gasteiger partial charge on any atom is -0.147 e. The number of rotatable bonds is 2. The molecule has 1 radical (unpaired) electrons. The lowest BCUT2D eigenvalue weighted by molar-refractivity contribution is 1.44. The second-order valence-electron chi connectivity index (χ2n) is 0.856. The van der Waals surface area contributed by atoms with Gasteiger partial charge in [0.25, 0.3) is 0 Å². The van der Waals surface area contributed by atoms with Gasteiger partial charge in [0.1, 0.15) is 0 Å². The van der Waals surface area contributed by atoms with E-state index in [1.807, 2.05) is 0 Å². The number of hydrogen-bond acceptors (Lipinski definition) is 0. The van der Waals surface area contributed by atoms with Crippen LogP contribution >= 0.6 is 33.4 Å². The molecule has 0 atom stereocenters. The van der Waals surface area contributed by atoms with Gasteiger partial charge in [-0.05, 0) is 12.3 Å². The average molecular weight is 162 g/mol. The number of halogens is 2. The van der Waals surface area contributed by atoms with Crippen LogP contribution < -0.4 is 0 Å². The van der Waals surface area contributed by atoms with Gasteiger partial charge in [-0.25, -0.2) is 0 Å². The van der Waals surface area contributed by atoms with Crippen molar-refractivity contribution in [3.8, 4) is 0 Å². The van der Waals surface area contributed by atoms with Crippen molar-refractivity contribution in [1.82, 2.24) is 0 Å². The van der Waals surface area contributed by atoms with Gasteiger partial charge in [-0.15, -0.1) is 24.8 Å². The van der Waals surface area contributed by atoms with Gasteiger partial charge >= 0.3 is 0 Å². The summed E-state index contributed by atoms with van der Waals surface area (Å²) in [6, 6.07) is 0. The largest absolute Gasteiger partial charge is 0.147 e. The maximum Gasteiger partial charge on any atom is -0.0316 e. The van der Waals surface area contributed by atoms with Gasteiger partial charge in [-0.2, -0.15) is 0 Å². The van der Waals surface area contributed by atoms with Crippen molar-refractivity contribution in [1.29, 1.82) is 0 Å². The molecule has 0 rings (SSSR count). The molecular weight excluding hydrogens is 150 g/mol. The van der Waals surface area contributed by atoms with E-state index in [0.29, 0.717) is 0 Å². The molecule has 0 fully saturated rings. The van der Waals surface area contributed by atoms with Gasteiger partial charge in [-0.1, -0.05) is 22.4 Å². The predicted octanol–water partition coefficient (Wildman–Crippen LogP) is 2.82. The summed E-state index contributed by atoms with van der Waals surface area (Å²) in [6.45, 7) is 4.40. The third kappa shape index (κ3) is 19.4. The van der Waals surface area contributed by atoms with Crippen molar-refractivity contribution in [2.24, 2.45) is 0 Å². The first-order valence-corrected chi connectivity index (χ1v) is 3.31. The van der Waals surface area contributed by atoms with Crippen LogP contribution in [0.3, 0.4) is 0 Å². The molecule has 0 aromatic heterocycles. The standard InChI is InChI=1S/C4H10P.2ClH/c1-3-5-4-2;;/h3-4H2,1-2H3;2*1H. The van der Waals surface area contributed by atoms with Gasteiger partial charge in [-0.3, -0.25) is 0 Å². The Hall–Kier alpha value is 1.01. The highest BCUT2D eigenvalue weighted by molar-refractivity contribution is 7.37. The monoisotopic (exact) mass is 161 g/mol. The maximum atomic E-state index is 2.20. The van der Waals surface area contributed by atoms with Crippen LogP contribution in [0.2, 0.25) is 0 Å². The molecule has 0 aromatic carbocycles. The van der Waals surface area contributed by atoms with Crippen molar-refractivity contribution in [3.05, 3.63) is 0 Å². The Bertz CT molecular complexity index is 17.2. The van der Waals surface area contributed by atoms with E-state index in [1.165, 1.54) is 12.3 Å². The Morgan fingerprint density at radius 3 is 1.29 bits per heavy atom. The van der Waals surface area contributed by atoms with E-state index in [1.54, 1.807) is 8.58 Å². The first kappa shape index (κ1) is 15.7. The summed E-state index contributed by atoms with van der Waals surface area (Å²) in [7, 11) is 1.58. The molecule has 0 amide bonds. The van der Waals surface area contributed by atoms with Gasteiger partial charge in [0.15, 0.2) is 0 Å². The van der Waals surface area contributed by atoms with Crippen molar-refractivity contribution >= 4 is 33.4 Å². The fourth-order valence-electron chi connectivity index (χ4n) is 0.224. The second-order valence-corrected chi connectivity index (χ2v) is 2.57. The average Bonchev–Trinajstić information content (AvgIpc) is 1.41. The molecule has 0 nitrogen and oxygen atoms in total. The van der Waals surface area contributed by atoms with Crippen LogP contribution in [0.1, 0.15) is 13.8 Å². The zero-order valence-electron chi connectivity index (χ0n) is 4.68. The second kappa shape index (κ2) is 15.7. The smallest absolute Gasteiger partial charge is 0.0316 e. The molecule has 0 aliphatic carbocycles. The minimum absolute atomic E-state index is 0. The van der Waals surface area contributed by atoms with Gasteiger partial charge in [0.2, 0.25) is 0 Å². The Labute approximate surface area is 60.1 Å². The van der Waals surface area contributed by atoms with E-state index in [0.717, 1.165) is 0 Å². The summed E-state index contributed by atoms with van der Waals surface area (Å²) < 4.78 is 0. The lowest BCUT2D eigenvalue weighted by atomic mass is 11.0. The van der Waals surface area contributed by atoms with Crippen LogP contribution in [-0.2, 0) is 0 Å². The zero-order valence-corrected chi connectivity index (χ0v) is 7.21. The van der Waals surface area contributed by atoms with E-state index in [9.17, 15) is 0 Å². The van der Waals surface area contributed by atoms with Crippen molar-refractivity contribution in [3.63, 3.8) is 0 Å². The Balaban J connectivity index is -0.0000000800. The van der Waals surface area contributed by atoms with Crippen molar-refractivity contribution in [2.45, 2.75) is 13.8 Å². The Morgan fingerprint density at radius 2 is 1.29 bits per heavy atom. The molecule has 0 aromatic rings. The Morgan fingerprint density at radius 1 is 1.00 bits per heavy atom. The van der Waals surface area contributed by atoms with Crippen LogP contribution in [0.4, 0.5) is 0 Å². The van der Waals surface area contributed by atoms with E-state index >= 15 is 0 Å². The van der Waals surface area contributed by atoms with E-state index < -0.39 is 0 Å². The molecular formula is C4H12Cl2P. The van der Waals surface area contributed by atoms with Crippen molar-refractivity contribution < 1.29 is 0 Å². The summed E-state index contributed by atoms with van der Waals surface area (Å²) in [5.74, 6) is 0. The molecule has 0 unspecified atom stereocenters. The molecule has 0 aliphatic rings. The van der Waals surface area contributed by atoms with Crippen LogP contribution in [0.15, 0.2) is 0 Å². The van der Waals surface area contributed by atoms with Crippen LogP contribution in [-0.4, -0.2) is 12.3 Å². The molecule has 0 spiro atoms. The first-order valence-electron chi connectivity index (χ1n) is 2.05. The molecule has 7 heavy (non-hydrogen) atoms. The minimum atomic E-state index is 0. The van der Waals surface area contributed by atoms with E-state index in [2.05, 4.69) is 13.8 Å². The summed E-state index contributed by atoms with van der Waals surface area (Å²) in [4.78, 5) is 0. The van der Waals surface area contributed by atoms with Gasteiger partial charge in [0.05, 0.1) is 0 Å². The van der Waals surface area contributed by atoms with Gasteiger partial charge < -0.3 is 0 Å². The molecule has 0 N–H and O–H groups in total. The quantitative estimate of drug-likeness (QED) is 0.547. The third-order valence-corrected chi connectivity index (χ3v) is 1.34. The molecule has 0 saturated carbocycles. The highest BCUT2D eigenvalue weighted by atomic mass is 35.5. The van der Waals surface area contributed by atoms with E-state index in [-0.39, 0.29) is 24.8 Å². The fraction of sp³-hybridized carbons (Fsp3) is 1.00. The Kier molecular flexibility index (Phi) is 35.3. The summed E-state index contributed by atoms with van der Waals surface area (Å²) in [6.07, 6.45) is 2.63. The molecule has 0 bridgehead atoms. The first-order chi connectivity index (χ1) is 2.41. The molecule has 3 heteroatoms. The highest BCUT2D eigenvalue weighted by Gasteiger charge is 1.68. The third-order valence-electron chi connectivity index (χ3n) is 0.447. The van der Waals surface area contributed by atoms with Crippen LogP contribution in [0.25, 0.3) is 0 Å². The normalized spacial score (nSPS) is 6.00. The topological polar surface area (TPSA) is 0 Å². The SMILES string of the molecule is CC[P]CC.Cl.Cl. The predicted molar refractivity (Wildman–Crippen MR) is 42.5 cm³/mol. The van der Waals surface area contributed by atoms with Crippen molar-refractivity contribution in [2.75, 3.05) is 12.3 Å². The molecule has 47 valence electrons. The van der Waals surface area contributed by atoms with Gasteiger partial charge in [0, 0.05) is 0 Å². The maximum absolute atomic E-state index is 2.20.